The van der Waals surface area contributed by atoms with Crippen LogP contribution in [0.1, 0.15) is 30.0 Å². The van der Waals surface area contributed by atoms with Crippen molar-refractivity contribution in [1.82, 2.24) is 10.2 Å². The lowest BCUT2D eigenvalue weighted by Gasteiger charge is -2.32. The van der Waals surface area contributed by atoms with Crippen LogP contribution in [0.3, 0.4) is 0 Å². The Morgan fingerprint density at radius 1 is 1.03 bits per heavy atom. The second kappa shape index (κ2) is 7.48. The third-order valence-corrected chi connectivity index (χ3v) is 6.62. The predicted octanol–water partition coefficient (Wildman–Crippen LogP) is 3.89. The molecule has 1 N–H and O–H groups in total. The first-order valence-corrected chi connectivity index (χ1v) is 10.9. The Hall–Kier alpha value is -3.67. The molecule has 0 aromatic heterocycles. The number of anilines is 1. The minimum absolute atomic E-state index is 0.244. The number of rotatable bonds is 3. The molecule has 2 heterocycles. The van der Waals surface area contributed by atoms with Crippen LogP contribution in [-0.4, -0.2) is 35.8 Å². The van der Waals surface area contributed by atoms with Gasteiger partial charge in [0.2, 0.25) is 5.91 Å². The van der Waals surface area contributed by atoms with Crippen LogP contribution in [0.2, 0.25) is 0 Å². The van der Waals surface area contributed by atoms with Crippen molar-refractivity contribution in [1.29, 1.82) is 0 Å². The molecule has 2 aliphatic rings. The Labute approximate surface area is 186 Å². The molecule has 32 heavy (non-hydrogen) atoms. The van der Waals surface area contributed by atoms with Crippen molar-refractivity contribution in [2.75, 3.05) is 18.0 Å². The Morgan fingerprint density at radius 2 is 1.81 bits per heavy atom. The number of hydrogen-bond donors (Lipinski definition) is 1. The van der Waals surface area contributed by atoms with E-state index < -0.39 is 17.5 Å². The average molecular weight is 428 g/mol. The molecule has 4 amide bonds. The third-order valence-electron chi connectivity index (χ3n) is 6.62. The van der Waals surface area contributed by atoms with E-state index in [0.717, 1.165) is 45.3 Å². The van der Waals surface area contributed by atoms with Crippen molar-refractivity contribution in [3.63, 3.8) is 0 Å². The van der Waals surface area contributed by atoms with E-state index in [4.69, 9.17) is 0 Å². The molecule has 0 spiro atoms. The fourth-order valence-corrected chi connectivity index (χ4v) is 4.85. The SMILES string of the molecule is Cc1cccc2c1N(C(=O)CN1C(=O)NC(C)(c3ccc4ccccc4c3)C1=O)CCC2. The zero-order chi connectivity index (χ0) is 22.5. The summed E-state index contributed by atoms with van der Waals surface area (Å²) in [5.41, 5.74) is 2.55. The van der Waals surface area contributed by atoms with Gasteiger partial charge in [0.1, 0.15) is 12.1 Å². The van der Waals surface area contributed by atoms with Crippen LogP contribution in [0.5, 0.6) is 0 Å². The van der Waals surface area contributed by atoms with Crippen LogP contribution in [0.15, 0.2) is 60.7 Å². The van der Waals surface area contributed by atoms with E-state index in [0.29, 0.717) is 12.1 Å². The van der Waals surface area contributed by atoms with Gasteiger partial charge in [-0.25, -0.2) is 4.79 Å². The van der Waals surface area contributed by atoms with Crippen LogP contribution >= 0.6 is 0 Å². The Kier molecular flexibility index (Phi) is 4.73. The van der Waals surface area contributed by atoms with Gasteiger partial charge in [0.25, 0.3) is 5.91 Å². The minimum Gasteiger partial charge on any atom is -0.319 e. The lowest BCUT2D eigenvalue weighted by atomic mass is 9.90. The maximum atomic E-state index is 13.4. The van der Waals surface area contributed by atoms with Gasteiger partial charge in [-0.2, -0.15) is 0 Å². The second-order valence-electron chi connectivity index (χ2n) is 8.74. The summed E-state index contributed by atoms with van der Waals surface area (Å²) < 4.78 is 0. The van der Waals surface area contributed by atoms with E-state index in [1.165, 1.54) is 0 Å². The number of nitrogens with zero attached hydrogens (tertiary/aromatic N) is 2. The molecule has 3 aromatic rings. The highest BCUT2D eigenvalue weighted by Gasteiger charge is 2.50. The smallest absolute Gasteiger partial charge is 0.319 e. The Morgan fingerprint density at radius 3 is 2.62 bits per heavy atom. The van der Waals surface area contributed by atoms with Crippen molar-refractivity contribution in [3.05, 3.63) is 77.4 Å². The number of carbonyl (C=O) groups excluding carboxylic acids is 3. The quantitative estimate of drug-likeness (QED) is 0.645. The first-order chi connectivity index (χ1) is 15.4. The zero-order valence-corrected chi connectivity index (χ0v) is 18.2. The third kappa shape index (κ3) is 3.14. The number of hydrogen-bond acceptors (Lipinski definition) is 3. The number of nitrogens with one attached hydrogen (secondary N) is 1. The maximum Gasteiger partial charge on any atom is 0.325 e. The summed E-state index contributed by atoms with van der Waals surface area (Å²) in [6, 6.07) is 19.1. The largest absolute Gasteiger partial charge is 0.325 e. The Balaban J connectivity index is 1.42. The number of carbonyl (C=O) groups is 3. The van der Waals surface area contributed by atoms with Gasteiger partial charge < -0.3 is 10.2 Å². The van der Waals surface area contributed by atoms with Crippen molar-refractivity contribution >= 4 is 34.3 Å². The molecule has 1 atom stereocenters. The van der Waals surface area contributed by atoms with Crippen LogP contribution < -0.4 is 10.2 Å². The molecule has 1 unspecified atom stereocenters. The molecule has 0 radical (unpaired) electrons. The highest BCUT2D eigenvalue weighted by molar-refractivity contribution is 6.11. The minimum atomic E-state index is -1.21. The van der Waals surface area contributed by atoms with E-state index in [-0.39, 0.29) is 12.5 Å². The second-order valence-corrected chi connectivity index (χ2v) is 8.74. The van der Waals surface area contributed by atoms with E-state index in [9.17, 15) is 14.4 Å². The highest BCUT2D eigenvalue weighted by atomic mass is 16.2. The first-order valence-electron chi connectivity index (χ1n) is 10.9. The van der Waals surface area contributed by atoms with Crippen molar-refractivity contribution in [2.45, 2.75) is 32.2 Å². The number of para-hydroxylation sites is 1. The van der Waals surface area contributed by atoms with Crippen molar-refractivity contribution in [2.24, 2.45) is 0 Å². The van der Waals surface area contributed by atoms with Gasteiger partial charge in [0.15, 0.2) is 0 Å². The number of urea groups is 1. The van der Waals surface area contributed by atoms with Gasteiger partial charge in [-0.05, 0) is 60.2 Å². The number of amides is 4. The number of aryl methyl sites for hydroxylation is 2. The van der Waals surface area contributed by atoms with Gasteiger partial charge in [-0.15, -0.1) is 0 Å². The van der Waals surface area contributed by atoms with Crippen LogP contribution in [0.4, 0.5) is 10.5 Å². The topological polar surface area (TPSA) is 69.7 Å². The summed E-state index contributed by atoms with van der Waals surface area (Å²) in [6.07, 6.45) is 1.78. The summed E-state index contributed by atoms with van der Waals surface area (Å²) in [7, 11) is 0. The molecule has 6 heteroatoms. The van der Waals surface area contributed by atoms with Crippen LogP contribution in [0.25, 0.3) is 10.8 Å². The van der Waals surface area contributed by atoms with E-state index in [1.807, 2.05) is 67.6 Å². The van der Waals surface area contributed by atoms with Crippen LogP contribution in [0, 0.1) is 6.92 Å². The molecular weight excluding hydrogens is 402 g/mol. The fourth-order valence-electron chi connectivity index (χ4n) is 4.85. The molecular formula is C26H25N3O3. The number of benzene rings is 3. The van der Waals surface area contributed by atoms with Gasteiger partial charge in [-0.3, -0.25) is 14.5 Å². The first kappa shape index (κ1) is 20.2. The molecule has 5 rings (SSSR count). The lowest BCUT2D eigenvalue weighted by Crippen LogP contribution is -2.46. The summed E-state index contributed by atoms with van der Waals surface area (Å²) >= 11 is 0. The molecule has 0 saturated carbocycles. The van der Waals surface area contributed by atoms with Gasteiger partial charge in [0.05, 0.1) is 0 Å². The molecule has 2 aliphatic heterocycles. The molecule has 1 fully saturated rings. The number of fused-ring (bicyclic) bond motifs is 2. The van der Waals surface area contributed by atoms with E-state index >= 15 is 0 Å². The molecule has 1 saturated heterocycles. The monoisotopic (exact) mass is 427 g/mol. The van der Waals surface area contributed by atoms with Gasteiger partial charge in [-0.1, -0.05) is 54.6 Å². The van der Waals surface area contributed by atoms with Crippen LogP contribution in [-0.2, 0) is 21.5 Å². The fraction of sp³-hybridized carbons (Fsp3) is 0.269. The van der Waals surface area contributed by atoms with Crippen molar-refractivity contribution in [3.8, 4) is 0 Å². The molecule has 3 aromatic carbocycles. The molecule has 162 valence electrons. The average Bonchev–Trinajstić information content (AvgIpc) is 3.02. The summed E-state index contributed by atoms with van der Waals surface area (Å²) in [6.45, 7) is 3.99. The molecule has 0 bridgehead atoms. The lowest BCUT2D eigenvalue weighted by molar-refractivity contribution is -0.134. The Bertz CT molecular complexity index is 1270. The molecule has 0 aliphatic carbocycles. The van der Waals surface area contributed by atoms with Crippen molar-refractivity contribution < 1.29 is 14.4 Å². The number of imide groups is 1. The van der Waals surface area contributed by atoms with E-state index in [1.54, 1.807) is 11.8 Å². The van der Waals surface area contributed by atoms with Gasteiger partial charge >= 0.3 is 6.03 Å². The normalized spacial score (nSPS) is 20.4. The molecule has 6 nitrogen and oxygen atoms in total. The summed E-state index contributed by atoms with van der Waals surface area (Å²) in [5.74, 6) is -0.653. The summed E-state index contributed by atoms with van der Waals surface area (Å²) in [4.78, 5) is 42.2. The standard InChI is InChI=1S/C26H25N3O3/c1-17-7-5-10-19-11-6-14-28(23(17)19)22(30)16-29-24(31)26(2,27-25(29)32)21-13-12-18-8-3-4-9-20(18)15-21/h3-5,7-10,12-13,15H,6,11,14,16H2,1-2H3,(H,27,32). The highest BCUT2D eigenvalue weighted by Crippen LogP contribution is 2.33. The maximum absolute atomic E-state index is 13.4. The summed E-state index contributed by atoms with van der Waals surface area (Å²) in [5, 5.41) is 4.86. The van der Waals surface area contributed by atoms with Gasteiger partial charge in [0, 0.05) is 12.2 Å². The zero-order valence-electron chi connectivity index (χ0n) is 18.2. The predicted molar refractivity (Wildman–Crippen MR) is 123 cm³/mol. The van der Waals surface area contributed by atoms with E-state index in [2.05, 4.69) is 5.32 Å².